The van der Waals surface area contributed by atoms with Gasteiger partial charge in [0, 0.05) is 18.5 Å². The van der Waals surface area contributed by atoms with E-state index in [1.807, 2.05) is 30.3 Å². The Bertz CT molecular complexity index is 968. The van der Waals surface area contributed by atoms with Gasteiger partial charge in [-0.25, -0.2) is 4.39 Å². The Morgan fingerprint density at radius 3 is 2.90 bits per heavy atom. The molecule has 2 heterocycles. The van der Waals surface area contributed by atoms with Crippen molar-refractivity contribution >= 4 is 5.91 Å². The van der Waals surface area contributed by atoms with Gasteiger partial charge in [0.1, 0.15) is 5.82 Å². The number of carbonyl (C=O) groups is 1. The van der Waals surface area contributed by atoms with Crippen LogP contribution in [0.25, 0.3) is 11.5 Å². The van der Waals surface area contributed by atoms with E-state index in [0.717, 1.165) is 37.1 Å². The van der Waals surface area contributed by atoms with Gasteiger partial charge in [-0.05, 0) is 61.7 Å². The zero-order valence-corrected chi connectivity index (χ0v) is 16.0. The maximum atomic E-state index is 14.2. The number of benzene rings is 2. The van der Waals surface area contributed by atoms with Crippen LogP contribution in [0.3, 0.4) is 0 Å². The van der Waals surface area contributed by atoms with Crippen LogP contribution in [0.5, 0.6) is 0 Å². The Morgan fingerprint density at radius 2 is 2.10 bits per heavy atom. The summed E-state index contributed by atoms with van der Waals surface area (Å²) in [5.74, 6) is 0.523. The Kier molecular flexibility index (Phi) is 5.95. The van der Waals surface area contributed by atoms with Crippen molar-refractivity contribution in [2.24, 2.45) is 5.92 Å². The van der Waals surface area contributed by atoms with Crippen molar-refractivity contribution in [3.05, 3.63) is 71.3 Å². The largest absolute Gasteiger partial charge is 0.351 e. The second kappa shape index (κ2) is 8.96. The second-order valence-electron chi connectivity index (χ2n) is 7.26. The van der Waals surface area contributed by atoms with E-state index in [2.05, 4.69) is 20.8 Å². The molecule has 1 aliphatic rings. The van der Waals surface area contributed by atoms with Gasteiger partial charge in [-0.15, -0.1) is 0 Å². The van der Waals surface area contributed by atoms with E-state index in [1.165, 1.54) is 6.07 Å². The fraction of sp³-hybridized carbons (Fsp3) is 0.318. The molecule has 1 amide bonds. The van der Waals surface area contributed by atoms with E-state index in [4.69, 9.17) is 4.52 Å². The molecule has 2 aromatic carbocycles. The molecule has 1 aliphatic heterocycles. The molecule has 1 fully saturated rings. The van der Waals surface area contributed by atoms with E-state index >= 15 is 0 Å². The Balaban J connectivity index is 1.33. The molecular weight excluding hydrogens is 371 g/mol. The van der Waals surface area contributed by atoms with Gasteiger partial charge in [0.2, 0.25) is 0 Å². The minimum absolute atomic E-state index is 0.0755. The number of nitrogens with one attached hydrogen (secondary N) is 2. The first-order valence-electron chi connectivity index (χ1n) is 9.84. The lowest BCUT2D eigenvalue weighted by molar-refractivity contribution is 0.0949. The van der Waals surface area contributed by atoms with E-state index in [9.17, 15) is 9.18 Å². The summed E-state index contributed by atoms with van der Waals surface area (Å²) in [5, 5.41) is 10.0. The molecule has 6 nitrogen and oxygen atoms in total. The molecule has 150 valence electrons. The lowest BCUT2D eigenvalue weighted by atomic mass is 9.97. The molecule has 3 aromatic rings. The average Bonchev–Trinajstić information content (AvgIpc) is 3.42. The van der Waals surface area contributed by atoms with Crippen LogP contribution in [-0.2, 0) is 12.8 Å². The average molecular weight is 394 g/mol. The third kappa shape index (κ3) is 4.86. The molecule has 0 saturated carbocycles. The number of hydrogen-bond acceptors (Lipinski definition) is 5. The molecule has 7 heteroatoms. The van der Waals surface area contributed by atoms with Crippen molar-refractivity contribution in [1.29, 1.82) is 0 Å². The SMILES string of the molecule is O=C(NCCc1noc(-c2ccccc2)n1)c1cc(CC2CCNC2)ccc1F. The smallest absolute Gasteiger partial charge is 0.257 e. The second-order valence-corrected chi connectivity index (χ2v) is 7.26. The molecule has 0 spiro atoms. The summed E-state index contributed by atoms with van der Waals surface area (Å²) in [6.45, 7) is 2.28. The van der Waals surface area contributed by atoms with Gasteiger partial charge >= 0.3 is 0 Å². The highest BCUT2D eigenvalue weighted by molar-refractivity contribution is 5.94. The van der Waals surface area contributed by atoms with Crippen LogP contribution in [0.15, 0.2) is 53.1 Å². The molecular formula is C22H23FN4O2. The first kappa shape index (κ1) is 19.3. The lowest BCUT2D eigenvalue weighted by Crippen LogP contribution is -2.27. The highest BCUT2D eigenvalue weighted by atomic mass is 19.1. The Morgan fingerprint density at radius 1 is 1.24 bits per heavy atom. The number of aromatic nitrogens is 2. The van der Waals surface area contributed by atoms with Crippen molar-refractivity contribution in [3.8, 4) is 11.5 Å². The standard InChI is InChI=1S/C22H23FN4O2/c23-19-7-6-15(12-16-8-10-24-14-16)13-18(19)21(28)25-11-9-20-26-22(29-27-20)17-4-2-1-3-5-17/h1-7,13,16,24H,8-12,14H2,(H,25,28). The topological polar surface area (TPSA) is 80.1 Å². The van der Waals surface area contributed by atoms with Crippen LogP contribution < -0.4 is 10.6 Å². The predicted molar refractivity (Wildman–Crippen MR) is 107 cm³/mol. The third-order valence-electron chi connectivity index (χ3n) is 5.09. The van der Waals surface area contributed by atoms with E-state index in [-0.39, 0.29) is 5.56 Å². The maximum absolute atomic E-state index is 14.2. The minimum atomic E-state index is -0.512. The first-order chi connectivity index (χ1) is 14.2. The van der Waals surface area contributed by atoms with Crippen LogP contribution in [0.1, 0.15) is 28.2 Å². The predicted octanol–water partition coefficient (Wildman–Crippen LogP) is 3.00. The fourth-order valence-corrected chi connectivity index (χ4v) is 3.53. The first-order valence-corrected chi connectivity index (χ1v) is 9.84. The highest BCUT2D eigenvalue weighted by Gasteiger charge is 2.18. The quantitative estimate of drug-likeness (QED) is 0.644. The maximum Gasteiger partial charge on any atom is 0.257 e. The summed E-state index contributed by atoms with van der Waals surface area (Å²) in [6.07, 6.45) is 2.35. The van der Waals surface area contributed by atoms with E-state index in [0.29, 0.717) is 30.6 Å². The molecule has 4 rings (SSSR count). The number of carbonyl (C=O) groups excluding carboxylic acids is 1. The van der Waals surface area contributed by atoms with Gasteiger partial charge in [0.05, 0.1) is 5.56 Å². The third-order valence-corrected chi connectivity index (χ3v) is 5.09. The van der Waals surface area contributed by atoms with Crippen molar-refractivity contribution in [3.63, 3.8) is 0 Å². The van der Waals surface area contributed by atoms with Gasteiger partial charge in [0.25, 0.3) is 11.8 Å². The van der Waals surface area contributed by atoms with Crippen LogP contribution in [0, 0.1) is 11.7 Å². The Hall–Kier alpha value is -3.06. The molecule has 2 N–H and O–H groups in total. The fourth-order valence-electron chi connectivity index (χ4n) is 3.53. The highest BCUT2D eigenvalue weighted by Crippen LogP contribution is 2.18. The molecule has 1 atom stereocenters. The lowest BCUT2D eigenvalue weighted by Gasteiger charge is -2.11. The summed E-state index contributed by atoms with van der Waals surface area (Å²) in [7, 11) is 0. The zero-order valence-electron chi connectivity index (χ0n) is 16.0. The molecule has 1 saturated heterocycles. The molecule has 29 heavy (non-hydrogen) atoms. The molecule has 1 aromatic heterocycles. The normalized spacial score (nSPS) is 16.1. The van der Waals surface area contributed by atoms with Crippen molar-refractivity contribution < 1.29 is 13.7 Å². The number of hydrogen-bond donors (Lipinski definition) is 2. The molecule has 1 unspecified atom stereocenters. The van der Waals surface area contributed by atoms with Crippen molar-refractivity contribution in [1.82, 2.24) is 20.8 Å². The van der Waals surface area contributed by atoms with Crippen molar-refractivity contribution in [2.75, 3.05) is 19.6 Å². The van der Waals surface area contributed by atoms with Crippen LogP contribution in [-0.4, -0.2) is 35.7 Å². The van der Waals surface area contributed by atoms with Crippen molar-refractivity contribution in [2.45, 2.75) is 19.3 Å². The van der Waals surface area contributed by atoms with Gasteiger partial charge in [-0.2, -0.15) is 4.98 Å². The zero-order chi connectivity index (χ0) is 20.1. The summed E-state index contributed by atoms with van der Waals surface area (Å²) < 4.78 is 19.4. The number of rotatable bonds is 7. The van der Waals surface area contributed by atoms with Crippen LogP contribution in [0.4, 0.5) is 4.39 Å². The van der Waals surface area contributed by atoms with Gasteiger partial charge in [-0.3, -0.25) is 4.79 Å². The number of halogens is 1. The van der Waals surface area contributed by atoms with E-state index < -0.39 is 11.7 Å². The number of nitrogens with zero attached hydrogens (tertiary/aromatic N) is 2. The van der Waals surface area contributed by atoms with Crippen LogP contribution >= 0.6 is 0 Å². The summed E-state index contributed by atoms with van der Waals surface area (Å²) in [6, 6.07) is 14.3. The van der Waals surface area contributed by atoms with Gasteiger partial charge in [-0.1, -0.05) is 29.4 Å². The Labute approximate surface area is 168 Å². The number of amides is 1. The van der Waals surface area contributed by atoms with Gasteiger partial charge in [0.15, 0.2) is 5.82 Å². The molecule has 0 radical (unpaired) electrons. The minimum Gasteiger partial charge on any atom is -0.351 e. The summed E-state index contributed by atoms with van der Waals surface area (Å²) in [4.78, 5) is 16.8. The van der Waals surface area contributed by atoms with Crippen LogP contribution in [0.2, 0.25) is 0 Å². The van der Waals surface area contributed by atoms with E-state index in [1.54, 1.807) is 12.1 Å². The van der Waals surface area contributed by atoms with Gasteiger partial charge < -0.3 is 15.2 Å². The molecule has 0 bridgehead atoms. The summed E-state index contributed by atoms with van der Waals surface area (Å²) >= 11 is 0. The monoisotopic (exact) mass is 394 g/mol. The summed E-state index contributed by atoms with van der Waals surface area (Å²) in [5.41, 5.74) is 1.90. The molecule has 0 aliphatic carbocycles.